The third-order valence-electron chi connectivity index (χ3n) is 2.93. The van der Waals surface area contributed by atoms with E-state index in [1.165, 1.54) is 18.1 Å². The van der Waals surface area contributed by atoms with E-state index in [2.05, 4.69) is 18.3 Å². The van der Waals surface area contributed by atoms with Gasteiger partial charge in [0.15, 0.2) is 0 Å². The van der Waals surface area contributed by atoms with Crippen molar-refractivity contribution in [1.29, 1.82) is 0 Å². The number of carbonyl (C=O) groups excluding carboxylic acids is 1. The van der Waals surface area contributed by atoms with E-state index in [1.54, 1.807) is 7.11 Å². The van der Waals surface area contributed by atoms with Crippen molar-refractivity contribution < 1.29 is 19.4 Å². The number of nitrogens with one attached hydrogen (secondary N) is 1. The van der Waals surface area contributed by atoms with Crippen molar-refractivity contribution in [2.24, 2.45) is 5.92 Å². The molecule has 0 radical (unpaired) electrons. The zero-order valence-electron chi connectivity index (χ0n) is 14.3. The van der Waals surface area contributed by atoms with Crippen molar-refractivity contribution in [3.8, 4) is 5.75 Å². The molecule has 0 spiro atoms. The fourth-order valence-corrected chi connectivity index (χ4v) is 1.97. The number of methoxy groups -OCH3 is 1. The van der Waals surface area contributed by atoms with Crippen LogP contribution in [0.3, 0.4) is 0 Å². The van der Waals surface area contributed by atoms with E-state index < -0.39 is 12.0 Å². The van der Waals surface area contributed by atoms with Crippen molar-refractivity contribution in [2.75, 3.05) is 7.11 Å². The van der Waals surface area contributed by atoms with Gasteiger partial charge in [-0.05, 0) is 37.8 Å². The minimum atomic E-state index is -0.973. The molecule has 1 atom stereocenters. The maximum absolute atomic E-state index is 10.6. The Bertz CT molecular complexity index is 497. The molecule has 1 aromatic rings. The second-order valence-electron chi connectivity index (χ2n) is 5.69. The molecule has 0 bridgehead atoms. The Morgan fingerprint density at radius 2 is 1.86 bits per heavy atom. The van der Waals surface area contributed by atoms with Gasteiger partial charge in [0.1, 0.15) is 11.8 Å². The van der Waals surface area contributed by atoms with Gasteiger partial charge in [0.05, 0.1) is 7.11 Å². The number of ether oxygens (including phenoxy) is 1. The Morgan fingerprint density at radius 3 is 2.23 bits per heavy atom. The molecule has 1 amide bonds. The molecule has 1 rings (SSSR count). The zero-order valence-corrected chi connectivity index (χ0v) is 14.3. The molecule has 1 unspecified atom stereocenters. The number of amides is 1. The molecule has 1 aromatic carbocycles. The molecule has 0 saturated carbocycles. The Labute approximate surface area is 132 Å². The van der Waals surface area contributed by atoms with Gasteiger partial charge in [0, 0.05) is 6.92 Å². The lowest BCUT2D eigenvalue weighted by molar-refractivity contribution is -0.142. The van der Waals surface area contributed by atoms with E-state index in [4.69, 9.17) is 9.84 Å². The molecule has 0 fully saturated rings. The minimum absolute atomic E-state index is 0.262. The number of carbonyl (C=O) groups is 2. The number of aliphatic carboxylic acids is 1. The Hall–Kier alpha value is -2.04. The van der Waals surface area contributed by atoms with Crippen LogP contribution < -0.4 is 10.1 Å². The van der Waals surface area contributed by atoms with Gasteiger partial charge in [-0.1, -0.05) is 31.5 Å². The first kappa shape index (κ1) is 20.0. The van der Waals surface area contributed by atoms with E-state index in [0.717, 1.165) is 5.75 Å². The van der Waals surface area contributed by atoms with E-state index in [9.17, 15) is 9.59 Å². The fraction of sp³-hybridized carbons (Fsp3) is 0.529. The lowest BCUT2D eigenvalue weighted by Gasteiger charge is -2.14. The summed E-state index contributed by atoms with van der Waals surface area (Å²) in [6.07, 6.45) is 0.467. The van der Waals surface area contributed by atoms with Gasteiger partial charge in [-0.3, -0.25) is 4.79 Å². The van der Waals surface area contributed by atoms with Gasteiger partial charge < -0.3 is 15.2 Å². The van der Waals surface area contributed by atoms with E-state index in [0.29, 0.717) is 6.42 Å². The molecule has 0 aliphatic heterocycles. The molecule has 0 aliphatic carbocycles. The summed E-state index contributed by atoms with van der Waals surface area (Å²) in [6, 6.07) is 5.40. The summed E-state index contributed by atoms with van der Waals surface area (Å²) in [4.78, 5) is 21.1. The van der Waals surface area contributed by atoms with Crippen LogP contribution in [0.1, 0.15) is 38.3 Å². The van der Waals surface area contributed by atoms with E-state index in [-0.39, 0.29) is 11.8 Å². The number of hydrogen-bond donors (Lipinski definition) is 2. The van der Waals surface area contributed by atoms with Crippen LogP contribution in [-0.4, -0.2) is 30.1 Å². The maximum atomic E-state index is 10.6. The topological polar surface area (TPSA) is 75.6 Å². The highest BCUT2D eigenvalue weighted by atomic mass is 16.5. The highest BCUT2D eigenvalue weighted by molar-refractivity contribution is 5.81. The van der Waals surface area contributed by atoms with E-state index >= 15 is 0 Å². The first-order chi connectivity index (χ1) is 10.2. The summed E-state index contributed by atoms with van der Waals surface area (Å²) in [5.74, 6) is -0.0505. The molecule has 2 N–H and O–H groups in total. The van der Waals surface area contributed by atoms with Gasteiger partial charge in [-0.15, -0.1) is 0 Å². The number of carboxylic acid groups (broad SMARTS) is 1. The van der Waals surface area contributed by atoms with Crippen molar-refractivity contribution >= 4 is 11.9 Å². The Kier molecular flexibility index (Phi) is 8.91. The predicted octanol–water partition coefficient (Wildman–Crippen LogP) is 2.93. The van der Waals surface area contributed by atoms with Gasteiger partial charge >= 0.3 is 5.97 Å². The maximum Gasteiger partial charge on any atom is 0.326 e. The van der Waals surface area contributed by atoms with Crippen LogP contribution in [-0.2, 0) is 9.59 Å². The standard InChI is InChI=1S/C9H12O.C8H15NO3/c1-7-4-5-9(10-3)8(2)6-7;1-5(2)4-7(8(11)12)9-6(3)10/h4-6H,1-3H3;5,7H,4H2,1-3H3,(H,9,10)(H,11,12). The lowest BCUT2D eigenvalue weighted by atomic mass is 10.0. The van der Waals surface area contributed by atoms with Gasteiger partial charge in [0.25, 0.3) is 0 Å². The second kappa shape index (κ2) is 9.82. The first-order valence-electron chi connectivity index (χ1n) is 7.28. The fourth-order valence-electron chi connectivity index (χ4n) is 1.97. The van der Waals surface area contributed by atoms with Crippen LogP contribution in [0.4, 0.5) is 0 Å². The van der Waals surface area contributed by atoms with E-state index in [1.807, 2.05) is 32.9 Å². The molecular weight excluding hydrogens is 282 g/mol. The van der Waals surface area contributed by atoms with Crippen LogP contribution in [0.5, 0.6) is 5.75 Å². The van der Waals surface area contributed by atoms with Crippen molar-refractivity contribution in [3.05, 3.63) is 29.3 Å². The molecule has 22 heavy (non-hydrogen) atoms. The van der Waals surface area contributed by atoms with Gasteiger partial charge in [-0.25, -0.2) is 4.79 Å². The molecule has 5 nitrogen and oxygen atoms in total. The van der Waals surface area contributed by atoms with Crippen LogP contribution in [0.15, 0.2) is 18.2 Å². The highest BCUT2D eigenvalue weighted by Crippen LogP contribution is 2.17. The number of aryl methyl sites for hydroxylation is 2. The third kappa shape index (κ3) is 8.29. The quantitative estimate of drug-likeness (QED) is 0.877. The Morgan fingerprint density at radius 1 is 1.27 bits per heavy atom. The number of carboxylic acids is 1. The third-order valence-corrected chi connectivity index (χ3v) is 2.93. The molecule has 0 heterocycles. The largest absolute Gasteiger partial charge is 0.496 e. The molecule has 0 saturated heterocycles. The predicted molar refractivity (Wildman–Crippen MR) is 87.2 cm³/mol. The van der Waals surface area contributed by atoms with Gasteiger partial charge in [0.2, 0.25) is 5.91 Å². The SMILES string of the molecule is CC(=O)NC(CC(C)C)C(=O)O.COc1ccc(C)cc1C. The normalized spacial score (nSPS) is 11.2. The molecular formula is C17H27NO4. The first-order valence-corrected chi connectivity index (χ1v) is 7.28. The lowest BCUT2D eigenvalue weighted by Crippen LogP contribution is -2.40. The second-order valence-corrected chi connectivity index (χ2v) is 5.69. The summed E-state index contributed by atoms with van der Waals surface area (Å²) >= 11 is 0. The van der Waals surface area contributed by atoms with Crippen molar-refractivity contribution in [3.63, 3.8) is 0 Å². The summed E-state index contributed by atoms with van der Waals surface area (Å²) in [5, 5.41) is 11.0. The summed E-state index contributed by atoms with van der Waals surface area (Å²) in [7, 11) is 1.69. The summed E-state index contributed by atoms with van der Waals surface area (Å²) in [6.45, 7) is 9.27. The van der Waals surface area contributed by atoms with Crippen LogP contribution in [0.25, 0.3) is 0 Å². The monoisotopic (exact) mass is 309 g/mol. The average molecular weight is 309 g/mol. The molecule has 5 heteroatoms. The van der Waals surface area contributed by atoms with Crippen LogP contribution in [0, 0.1) is 19.8 Å². The smallest absolute Gasteiger partial charge is 0.326 e. The minimum Gasteiger partial charge on any atom is -0.496 e. The van der Waals surface area contributed by atoms with Crippen LogP contribution in [0.2, 0.25) is 0 Å². The van der Waals surface area contributed by atoms with Crippen molar-refractivity contribution in [1.82, 2.24) is 5.32 Å². The number of benzene rings is 1. The molecule has 124 valence electrons. The summed E-state index contributed by atoms with van der Waals surface area (Å²) in [5.41, 5.74) is 2.47. The number of rotatable bonds is 5. The van der Waals surface area contributed by atoms with Gasteiger partial charge in [-0.2, -0.15) is 0 Å². The highest BCUT2D eigenvalue weighted by Gasteiger charge is 2.18. The molecule has 0 aromatic heterocycles. The number of hydrogen-bond acceptors (Lipinski definition) is 3. The Balaban J connectivity index is 0.000000406. The molecule has 0 aliphatic rings. The summed E-state index contributed by atoms with van der Waals surface area (Å²) < 4.78 is 5.10. The zero-order chi connectivity index (χ0) is 17.3. The van der Waals surface area contributed by atoms with Crippen LogP contribution >= 0.6 is 0 Å². The van der Waals surface area contributed by atoms with Crippen molar-refractivity contribution in [2.45, 2.75) is 47.1 Å². The average Bonchev–Trinajstić information content (AvgIpc) is 2.37.